The molecule has 6 nitrogen and oxygen atoms in total. The highest BCUT2D eigenvalue weighted by molar-refractivity contribution is 5.98. The molecule has 3 aromatic rings. The number of hydrogen-bond acceptors (Lipinski definition) is 4. The summed E-state index contributed by atoms with van der Waals surface area (Å²) in [7, 11) is 1.62. The number of rotatable bonds is 4. The smallest absolute Gasteiger partial charge is 0.285 e. The molecule has 0 aliphatic rings. The van der Waals surface area contributed by atoms with E-state index in [1.807, 2.05) is 37.3 Å². The summed E-state index contributed by atoms with van der Waals surface area (Å²) >= 11 is 0. The Morgan fingerprint density at radius 1 is 1.20 bits per heavy atom. The number of furan rings is 1. The normalized spacial score (nSPS) is 12.1. The Bertz CT molecular complexity index is 928. The van der Waals surface area contributed by atoms with Gasteiger partial charge in [-0.05, 0) is 32.0 Å². The van der Waals surface area contributed by atoms with E-state index in [1.54, 1.807) is 26.1 Å². The SMILES string of the molecule is Cc1cccc(C(=O)N(C)C(C)c2cc3ccccc3o2)c1[N+](=O)[O-]. The molecule has 0 N–H and O–H groups in total. The van der Waals surface area contributed by atoms with Crippen molar-refractivity contribution in [2.75, 3.05) is 7.05 Å². The Hall–Kier alpha value is -3.15. The van der Waals surface area contributed by atoms with Crippen molar-refractivity contribution in [1.29, 1.82) is 0 Å². The number of hydrogen-bond donors (Lipinski definition) is 0. The fraction of sp³-hybridized carbons (Fsp3) is 0.211. The largest absolute Gasteiger partial charge is 0.459 e. The van der Waals surface area contributed by atoms with Gasteiger partial charge in [0, 0.05) is 18.0 Å². The molecule has 25 heavy (non-hydrogen) atoms. The first-order valence-corrected chi connectivity index (χ1v) is 7.89. The van der Waals surface area contributed by atoms with Crippen LogP contribution in [0.3, 0.4) is 0 Å². The van der Waals surface area contributed by atoms with E-state index in [2.05, 4.69) is 0 Å². The minimum Gasteiger partial charge on any atom is -0.459 e. The highest BCUT2D eigenvalue weighted by atomic mass is 16.6. The van der Waals surface area contributed by atoms with E-state index in [0.29, 0.717) is 11.3 Å². The highest BCUT2D eigenvalue weighted by Crippen LogP contribution is 2.30. The van der Waals surface area contributed by atoms with Gasteiger partial charge in [-0.25, -0.2) is 0 Å². The molecule has 3 rings (SSSR count). The molecule has 0 spiro atoms. The van der Waals surface area contributed by atoms with Crippen molar-refractivity contribution in [2.24, 2.45) is 0 Å². The van der Waals surface area contributed by atoms with Gasteiger partial charge in [-0.2, -0.15) is 0 Å². The van der Waals surface area contributed by atoms with Crippen LogP contribution in [0.25, 0.3) is 11.0 Å². The highest BCUT2D eigenvalue weighted by Gasteiger charge is 2.28. The van der Waals surface area contributed by atoms with Crippen LogP contribution in [-0.4, -0.2) is 22.8 Å². The summed E-state index contributed by atoms with van der Waals surface area (Å²) in [6.45, 7) is 3.45. The molecule has 6 heteroatoms. The summed E-state index contributed by atoms with van der Waals surface area (Å²) in [5.41, 5.74) is 1.12. The fourth-order valence-corrected chi connectivity index (χ4v) is 2.84. The molecular formula is C19H18N2O4. The Kier molecular flexibility index (Phi) is 4.27. The van der Waals surface area contributed by atoms with E-state index in [0.717, 1.165) is 11.0 Å². The van der Waals surface area contributed by atoms with Gasteiger partial charge >= 0.3 is 0 Å². The van der Waals surface area contributed by atoms with Crippen molar-refractivity contribution in [1.82, 2.24) is 4.90 Å². The standard InChI is InChI=1S/C19H18N2O4/c1-12-7-6-9-15(18(12)21(23)24)19(22)20(3)13(2)17-11-14-8-4-5-10-16(14)25-17/h4-11,13H,1-3H3. The summed E-state index contributed by atoms with van der Waals surface area (Å²) < 4.78 is 5.81. The van der Waals surface area contributed by atoms with Gasteiger partial charge in [0.1, 0.15) is 16.9 Å². The monoisotopic (exact) mass is 338 g/mol. The second-order valence-corrected chi connectivity index (χ2v) is 6.01. The van der Waals surface area contributed by atoms with Crippen LogP contribution in [0.2, 0.25) is 0 Å². The van der Waals surface area contributed by atoms with E-state index >= 15 is 0 Å². The molecular weight excluding hydrogens is 320 g/mol. The van der Waals surface area contributed by atoms with Gasteiger partial charge in [0.05, 0.1) is 11.0 Å². The molecule has 0 fully saturated rings. The second-order valence-electron chi connectivity index (χ2n) is 6.01. The predicted octanol–water partition coefficient (Wildman–Crippen LogP) is 4.48. The molecule has 2 aromatic carbocycles. The first-order valence-electron chi connectivity index (χ1n) is 7.89. The third kappa shape index (κ3) is 2.98. The van der Waals surface area contributed by atoms with E-state index < -0.39 is 10.8 Å². The lowest BCUT2D eigenvalue weighted by molar-refractivity contribution is -0.385. The zero-order chi connectivity index (χ0) is 18.1. The van der Waals surface area contributed by atoms with Crippen LogP contribution in [-0.2, 0) is 0 Å². The molecule has 0 saturated heterocycles. The van der Waals surface area contributed by atoms with Crippen molar-refractivity contribution in [3.63, 3.8) is 0 Å². The van der Waals surface area contributed by atoms with Crippen LogP contribution < -0.4 is 0 Å². The molecule has 1 unspecified atom stereocenters. The first kappa shape index (κ1) is 16.7. The molecule has 0 saturated carbocycles. The van der Waals surface area contributed by atoms with E-state index in [4.69, 9.17) is 4.42 Å². The van der Waals surface area contributed by atoms with E-state index in [-0.39, 0.29) is 17.3 Å². The van der Waals surface area contributed by atoms with Crippen molar-refractivity contribution in [3.05, 3.63) is 75.5 Å². The zero-order valence-electron chi connectivity index (χ0n) is 14.2. The van der Waals surface area contributed by atoms with Gasteiger partial charge in [0.25, 0.3) is 11.6 Å². The number of aryl methyl sites for hydroxylation is 1. The molecule has 128 valence electrons. The van der Waals surface area contributed by atoms with Gasteiger partial charge in [-0.3, -0.25) is 14.9 Å². The maximum atomic E-state index is 12.8. The second kappa shape index (κ2) is 6.39. The topological polar surface area (TPSA) is 76.6 Å². The number of fused-ring (bicyclic) bond motifs is 1. The Balaban J connectivity index is 1.95. The lowest BCUT2D eigenvalue weighted by Gasteiger charge is -2.23. The number of carbonyl (C=O) groups is 1. The zero-order valence-corrected chi connectivity index (χ0v) is 14.2. The number of carbonyl (C=O) groups excluding carboxylic acids is 1. The number of nitrogens with zero attached hydrogens (tertiary/aromatic N) is 2. The number of para-hydroxylation sites is 2. The van der Waals surface area contributed by atoms with Gasteiger partial charge < -0.3 is 9.32 Å². The number of amides is 1. The van der Waals surface area contributed by atoms with Gasteiger partial charge in [0.15, 0.2) is 0 Å². The fourth-order valence-electron chi connectivity index (χ4n) is 2.84. The molecule has 1 amide bonds. The van der Waals surface area contributed by atoms with Gasteiger partial charge in [-0.15, -0.1) is 0 Å². The average Bonchev–Trinajstić information content (AvgIpc) is 3.03. The molecule has 1 atom stereocenters. The number of benzene rings is 2. The first-order chi connectivity index (χ1) is 11.9. The predicted molar refractivity (Wildman–Crippen MR) is 94.6 cm³/mol. The molecule has 1 aromatic heterocycles. The third-order valence-corrected chi connectivity index (χ3v) is 4.41. The quantitative estimate of drug-likeness (QED) is 0.519. The van der Waals surface area contributed by atoms with Crippen LogP contribution in [0.1, 0.15) is 34.6 Å². The molecule has 0 radical (unpaired) electrons. The molecule has 0 aliphatic heterocycles. The molecule has 0 aliphatic carbocycles. The lowest BCUT2D eigenvalue weighted by atomic mass is 10.1. The van der Waals surface area contributed by atoms with Crippen LogP contribution in [0.4, 0.5) is 5.69 Å². The number of nitro groups is 1. The van der Waals surface area contributed by atoms with Crippen molar-refractivity contribution in [2.45, 2.75) is 19.9 Å². The average molecular weight is 338 g/mol. The molecule has 1 heterocycles. The van der Waals surface area contributed by atoms with Crippen molar-refractivity contribution in [3.8, 4) is 0 Å². The van der Waals surface area contributed by atoms with Crippen molar-refractivity contribution < 1.29 is 14.1 Å². The Morgan fingerprint density at radius 3 is 2.60 bits per heavy atom. The Labute approximate surface area is 144 Å². The van der Waals surface area contributed by atoms with Crippen molar-refractivity contribution >= 4 is 22.6 Å². The molecule has 0 bridgehead atoms. The Morgan fingerprint density at radius 2 is 1.92 bits per heavy atom. The minimum atomic E-state index is -0.512. The van der Waals surface area contributed by atoms with E-state index in [9.17, 15) is 14.9 Å². The third-order valence-electron chi connectivity index (χ3n) is 4.41. The van der Waals surface area contributed by atoms with Gasteiger partial charge in [0.2, 0.25) is 0 Å². The lowest BCUT2D eigenvalue weighted by Crippen LogP contribution is -2.30. The number of nitro benzene ring substituents is 1. The summed E-state index contributed by atoms with van der Waals surface area (Å²) in [6, 6.07) is 13.9. The van der Waals surface area contributed by atoms with Crippen LogP contribution in [0.15, 0.2) is 52.9 Å². The van der Waals surface area contributed by atoms with Gasteiger partial charge in [-0.1, -0.05) is 30.3 Å². The van der Waals surface area contributed by atoms with Crippen LogP contribution in [0, 0.1) is 17.0 Å². The summed E-state index contributed by atoms with van der Waals surface area (Å²) in [6.07, 6.45) is 0. The maximum Gasteiger partial charge on any atom is 0.285 e. The summed E-state index contributed by atoms with van der Waals surface area (Å²) in [5, 5.41) is 12.3. The summed E-state index contributed by atoms with van der Waals surface area (Å²) in [5.74, 6) is 0.218. The maximum absolute atomic E-state index is 12.8. The van der Waals surface area contributed by atoms with E-state index in [1.165, 1.54) is 11.0 Å². The minimum absolute atomic E-state index is 0.0791. The summed E-state index contributed by atoms with van der Waals surface area (Å²) in [4.78, 5) is 25.1. The van der Waals surface area contributed by atoms with Crippen LogP contribution in [0.5, 0.6) is 0 Å². The van der Waals surface area contributed by atoms with Crippen LogP contribution >= 0.6 is 0 Å².